The van der Waals surface area contributed by atoms with Crippen molar-refractivity contribution in [3.05, 3.63) is 0 Å². The number of aryl methyl sites for hydroxylation is 1. The Balaban J connectivity index is 3.24. The van der Waals surface area contributed by atoms with E-state index in [1.807, 2.05) is 18.9 Å². The Morgan fingerprint density at radius 1 is 1.40 bits per heavy atom. The quantitative estimate of drug-likeness (QED) is 0.830. The van der Waals surface area contributed by atoms with Crippen LogP contribution in [0, 0.1) is 5.92 Å². The number of hydrogen-bond donors (Lipinski definition) is 1. The summed E-state index contributed by atoms with van der Waals surface area (Å²) in [5.74, 6) is 1.21. The number of nitrogens with zero attached hydrogens (tertiary/aromatic N) is 3. The third-order valence-electron chi connectivity index (χ3n) is 3.14. The molecule has 0 fully saturated rings. The summed E-state index contributed by atoms with van der Waals surface area (Å²) < 4.78 is 25.6. The van der Waals surface area contributed by atoms with Gasteiger partial charge in [0.2, 0.25) is 0 Å². The number of hydrogen-bond acceptors (Lipinski definition) is 5. The Morgan fingerprint density at radius 3 is 2.45 bits per heavy atom. The number of sulfone groups is 1. The van der Waals surface area contributed by atoms with Gasteiger partial charge in [-0.3, -0.25) is 0 Å². The highest BCUT2D eigenvalue weighted by Crippen LogP contribution is 2.30. The van der Waals surface area contributed by atoms with Crippen LogP contribution in [0.2, 0.25) is 0 Å². The van der Waals surface area contributed by atoms with E-state index in [1.165, 1.54) is 6.26 Å². The van der Waals surface area contributed by atoms with Crippen molar-refractivity contribution in [3.8, 4) is 0 Å². The van der Waals surface area contributed by atoms with Gasteiger partial charge in [0, 0.05) is 26.4 Å². The molecule has 0 saturated heterocycles. The normalized spacial score (nSPS) is 12.1. The molecule has 0 aliphatic carbocycles. The molecular formula is C13H26N4O2S. The van der Waals surface area contributed by atoms with Crippen molar-refractivity contribution in [1.29, 1.82) is 0 Å². The van der Waals surface area contributed by atoms with Gasteiger partial charge in [-0.25, -0.2) is 13.1 Å². The van der Waals surface area contributed by atoms with E-state index in [9.17, 15) is 8.42 Å². The monoisotopic (exact) mass is 302 g/mol. The maximum Gasteiger partial charge on any atom is 0.182 e. The molecule has 0 radical (unpaired) electrons. The molecule has 0 saturated carbocycles. The Kier molecular flexibility index (Phi) is 5.44. The summed E-state index contributed by atoms with van der Waals surface area (Å²) in [6.07, 6.45) is 3.00. The SMILES string of the molecule is CCCN(C)c1nn(CCC(C)C)c(N)c1S(C)(=O)=O. The lowest BCUT2D eigenvalue weighted by atomic mass is 10.1. The topological polar surface area (TPSA) is 81.2 Å². The maximum absolute atomic E-state index is 12.0. The van der Waals surface area contributed by atoms with E-state index in [4.69, 9.17) is 5.73 Å². The molecule has 20 heavy (non-hydrogen) atoms. The molecule has 6 nitrogen and oxygen atoms in total. The lowest BCUT2D eigenvalue weighted by Gasteiger charge is -2.16. The largest absolute Gasteiger partial charge is 0.383 e. The highest BCUT2D eigenvalue weighted by atomic mass is 32.2. The third-order valence-corrected chi connectivity index (χ3v) is 4.27. The van der Waals surface area contributed by atoms with E-state index in [1.54, 1.807) is 4.68 Å². The summed E-state index contributed by atoms with van der Waals surface area (Å²) in [5, 5.41) is 4.41. The van der Waals surface area contributed by atoms with Gasteiger partial charge in [0.15, 0.2) is 20.6 Å². The van der Waals surface area contributed by atoms with E-state index in [-0.39, 0.29) is 10.7 Å². The van der Waals surface area contributed by atoms with Crippen LogP contribution in [0.15, 0.2) is 4.90 Å². The second-order valence-corrected chi connectivity index (χ2v) is 7.59. The van der Waals surface area contributed by atoms with E-state index in [0.29, 0.717) is 18.3 Å². The van der Waals surface area contributed by atoms with E-state index in [0.717, 1.165) is 19.4 Å². The van der Waals surface area contributed by atoms with Crippen molar-refractivity contribution in [1.82, 2.24) is 9.78 Å². The highest BCUT2D eigenvalue weighted by Gasteiger charge is 2.26. The molecular weight excluding hydrogens is 276 g/mol. The zero-order valence-electron chi connectivity index (χ0n) is 13.0. The van der Waals surface area contributed by atoms with Crippen LogP contribution in [0.5, 0.6) is 0 Å². The van der Waals surface area contributed by atoms with Gasteiger partial charge in [0.1, 0.15) is 5.82 Å². The third kappa shape index (κ3) is 3.88. The van der Waals surface area contributed by atoms with Crippen molar-refractivity contribution >= 4 is 21.5 Å². The molecule has 0 aromatic carbocycles. The molecule has 0 unspecified atom stereocenters. The fourth-order valence-electron chi connectivity index (χ4n) is 2.04. The molecule has 1 aromatic rings. The Hall–Kier alpha value is -1.24. The van der Waals surface area contributed by atoms with Gasteiger partial charge in [-0.15, -0.1) is 0 Å². The zero-order valence-corrected chi connectivity index (χ0v) is 13.9. The summed E-state index contributed by atoms with van der Waals surface area (Å²) in [7, 11) is -1.56. The van der Waals surface area contributed by atoms with Crippen molar-refractivity contribution in [2.75, 3.05) is 30.5 Å². The van der Waals surface area contributed by atoms with E-state index < -0.39 is 9.84 Å². The first-order valence-electron chi connectivity index (χ1n) is 6.95. The van der Waals surface area contributed by atoms with Gasteiger partial charge in [-0.2, -0.15) is 5.10 Å². The van der Waals surface area contributed by atoms with Crippen LogP contribution in [0.1, 0.15) is 33.6 Å². The molecule has 0 bridgehead atoms. The molecule has 7 heteroatoms. The Morgan fingerprint density at radius 2 is 2.00 bits per heavy atom. The second kappa shape index (κ2) is 6.47. The van der Waals surface area contributed by atoms with Gasteiger partial charge in [0.25, 0.3) is 0 Å². The molecule has 1 heterocycles. The zero-order chi connectivity index (χ0) is 15.5. The molecule has 0 amide bonds. The Bertz CT molecular complexity index is 549. The van der Waals surface area contributed by atoms with Crippen molar-refractivity contribution in [2.24, 2.45) is 5.92 Å². The standard InChI is InChI=1S/C13H26N4O2S/c1-6-8-16(4)13-11(20(5,18)19)12(14)17(15-13)9-7-10(2)3/h10H,6-9,14H2,1-5H3. The first-order chi connectivity index (χ1) is 9.18. The minimum Gasteiger partial charge on any atom is -0.383 e. The summed E-state index contributed by atoms with van der Waals surface area (Å²) in [6, 6.07) is 0. The lowest BCUT2D eigenvalue weighted by molar-refractivity contribution is 0.491. The number of aromatic nitrogens is 2. The molecule has 1 rings (SSSR count). The van der Waals surface area contributed by atoms with Gasteiger partial charge in [-0.05, 0) is 18.8 Å². The fourth-order valence-corrected chi connectivity index (χ4v) is 3.06. The second-order valence-electron chi connectivity index (χ2n) is 5.64. The first kappa shape index (κ1) is 16.8. The van der Waals surface area contributed by atoms with Crippen molar-refractivity contribution < 1.29 is 8.42 Å². The number of nitrogens with two attached hydrogens (primary N) is 1. The van der Waals surface area contributed by atoms with Crippen LogP contribution in [0.4, 0.5) is 11.6 Å². The van der Waals surface area contributed by atoms with Gasteiger partial charge in [-0.1, -0.05) is 20.8 Å². The highest BCUT2D eigenvalue weighted by molar-refractivity contribution is 7.91. The summed E-state index contributed by atoms with van der Waals surface area (Å²) >= 11 is 0. The van der Waals surface area contributed by atoms with Crippen LogP contribution >= 0.6 is 0 Å². The van der Waals surface area contributed by atoms with Crippen LogP contribution in [0.3, 0.4) is 0 Å². The smallest absolute Gasteiger partial charge is 0.182 e. The minimum atomic E-state index is -3.40. The summed E-state index contributed by atoms with van der Waals surface area (Å²) in [4.78, 5) is 2.00. The van der Waals surface area contributed by atoms with Crippen LogP contribution in [-0.2, 0) is 16.4 Å². The molecule has 2 N–H and O–H groups in total. The molecule has 0 aliphatic rings. The average Bonchev–Trinajstić information content (AvgIpc) is 2.63. The van der Waals surface area contributed by atoms with Gasteiger partial charge < -0.3 is 10.6 Å². The maximum atomic E-state index is 12.0. The number of rotatable bonds is 7. The van der Waals surface area contributed by atoms with Crippen LogP contribution in [-0.4, -0.2) is 38.0 Å². The van der Waals surface area contributed by atoms with Crippen molar-refractivity contribution in [3.63, 3.8) is 0 Å². The molecule has 0 spiro atoms. The first-order valence-corrected chi connectivity index (χ1v) is 8.85. The Labute approximate surface area is 121 Å². The number of nitrogen functional groups attached to an aromatic ring is 1. The fraction of sp³-hybridized carbons (Fsp3) is 0.769. The van der Waals surface area contributed by atoms with E-state index >= 15 is 0 Å². The van der Waals surface area contributed by atoms with E-state index in [2.05, 4.69) is 18.9 Å². The molecule has 116 valence electrons. The van der Waals surface area contributed by atoms with Crippen LogP contribution in [0.25, 0.3) is 0 Å². The summed E-state index contributed by atoms with van der Waals surface area (Å²) in [6.45, 7) is 7.63. The predicted molar refractivity (Wildman–Crippen MR) is 82.8 cm³/mol. The summed E-state index contributed by atoms with van der Waals surface area (Å²) in [5.41, 5.74) is 6.01. The van der Waals surface area contributed by atoms with Crippen molar-refractivity contribution in [2.45, 2.75) is 45.1 Å². The number of anilines is 2. The molecule has 1 aromatic heterocycles. The van der Waals surface area contributed by atoms with Gasteiger partial charge in [0.05, 0.1) is 0 Å². The minimum absolute atomic E-state index is 0.150. The predicted octanol–water partition coefficient (Wildman–Crippen LogP) is 1.76. The lowest BCUT2D eigenvalue weighted by Crippen LogP contribution is -2.20. The molecule has 0 atom stereocenters. The van der Waals surface area contributed by atoms with Crippen LogP contribution < -0.4 is 10.6 Å². The van der Waals surface area contributed by atoms with Gasteiger partial charge >= 0.3 is 0 Å². The average molecular weight is 302 g/mol. The molecule has 0 aliphatic heterocycles.